The molecule has 2 heterocycles. The van der Waals surface area contributed by atoms with Crippen molar-refractivity contribution in [2.75, 3.05) is 26.8 Å². The predicted molar refractivity (Wildman–Crippen MR) is 75.1 cm³/mol. The number of nitrogens with zero attached hydrogens (tertiary/aromatic N) is 1. The first-order valence-corrected chi connectivity index (χ1v) is 7.43. The highest BCUT2D eigenvalue weighted by Gasteiger charge is 2.39. The summed E-state index contributed by atoms with van der Waals surface area (Å²) in [5, 5.41) is 9.30. The van der Waals surface area contributed by atoms with Crippen LogP contribution in [0.4, 0.5) is 0 Å². The van der Waals surface area contributed by atoms with Crippen molar-refractivity contribution < 1.29 is 9.53 Å². The van der Waals surface area contributed by atoms with Crippen LogP contribution >= 0.6 is 11.3 Å². The Kier molecular flexibility index (Phi) is 4.90. The lowest BCUT2D eigenvalue weighted by Crippen LogP contribution is -2.50. The third-order valence-corrected chi connectivity index (χ3v) is 4.38. The number of ether oxygens (including phenoxy) is 1. The van der Waals surface area contributed by atoms with Gasteiger partial charge in [-0.25, -0.2) is 4.98 Å². The Labute approximate surface area is 117 Å². The number of hydrogen-bond acceptors (Lipinski definition) is 5. The number of piperidine rings is 1. The van der Waals surface area contributed by atoms with Crippen LogP contribution in [0.5, 0.6) is 0 Å². The van der Waals surface area contributed by atoms with Gasteiger partial charge in [0, 0.05) is 12.5 Å². The van der Waals surface area contributed by atoms with Crippen molar-refractivity contribution in [3.05, 3.63) is 16.1 Å². The molecule has 106 valence electrons. The molecule has 1 amide bonds. The average molecular weight is 283 g/mol. The lowest BCUT2D eigenvalue weighted by Gasteiger charge is -2.35. The maximum atomic E-state index is 12.4. The number of amides is 1. The largest absolute Gasteiger partial charge is 0.384 e. The number of hydrogen-bond donors (Lipinski definition) is 2. The molecule has 0 atom stereocenters. The fourth-order valence-corrected chi connectivity index (χ4v) is 3.08. The van der Waals surface area contributed by atoms with Crippen molar-refractivity contribution in [3.8, 4) is 0 Å². The molecule has 0 unspecified atom stereocenters. The van der Waals surface area contributed by atoms with E-state index in [-0.39, 0.29) is 11.3 Å². The number of aromatic nitrogens is 1. The van der Waals surface area contributed by atoms with Crippen LogP contribution in [0.25, 0.3) is 0 Å². The van der Waals surface area contributed by atoms with Gasteiger partial charge in [-0.2, -0.15) is 0 Å². The second-order valence-corrected chi connectivity index (χ2v) is 6.07. The number of thiazole rings is 1. The number of carbonyl (C=O) groups is 1. The molecule has 1 aliphatic heterocycles. The molecular weight excluding hydrogens is 262 g/mol. The smallest absolute Gasteiger partial charge is 0.228 e. The standard InChI is InChI=1S/C13H21N3O2S/c1-10-16-11(8-19-10)7-15-12(17)13(9-18-2)3-5-14-6-4-13/h8,14H,3-7,9H2,1-2H3,(H,15,17). The van der Waals surface area contributed by atoms with Crippen molar-refractivity contribution in [2.24, 2.45) is 5.41 Å². The van der Waals surface area contributed by atoms with Crippen molar-refractivity contribution in [1.82, 2.24) is 15.6 Å². The highest BCUT2D eigenvalue weighted by atomic mass is 32.1. The molecule has 1 fully saturated rings. The highest BCUT2D eigenvalue weighted by Crippen LogP contribution is 2.29. The van der Waals surface area contributed by atoms with Gasteiger partial charge in [0.1, 0.15) is 0 Å². The number of carbonyl (C=O) groups excluding carboxylic acids is 1. The molecule has 2 rings (SSSR count). The highest BCUT2D eigenvalue weighted by molar-refractivity contribution is 7.09. The number of nitrogens with one attached hydrogen (secondary N) is 2. The van der Waals surface area contributed by atoms with Gasteiger partial charge in [-0.1, -0.05) is 0 Å². The van der Waals surface area contributed by atoms with E-state index in [0.717, 1.165) is 36.6 Å². The van der Waals surface area contributed by atoms with Crippen molar-refractivity contribution in [2.45, 2.75) is 26.3 Å². The maximum absolute atomic E-state index is 12.4. The first-order chi connectivity index (χ1) is 9.16. The van der Waals surface area contributed by atoms with Crippen LogP contribution in [0, 0.1) is 12.3 Å². The van der Waals surface area contributed by atoms with Gasteiger partial charge in [0.25, 0.3) is 0 Å². The lowest BCUT2D eigenvalue weighted by molar-refractivity contribution is -0.136. The number of methoxy groups -OCH3 is 1. The van der Waals surface area contributed by atoms with E-state index in [1.807, 2.05) is 12.3 Å². The van der Waals surface area contributed by atoms with Gasteiger partial charge in [0.2, 0.25) is 5.91 Å². The van der Waals surface area contributed by atoms with Crippen molar-refractivity contribution >= 4 is 17.2 Å². The minimum Gasteiger partial charge on any atom is -0.384 e. The molecule has 2 N–H and O–H groups in total. The fraction of sp³-hybridized carbons (Fsp3) is 0.692. The Hall–Kier alpha value is -0.980. The summed E-state index contributed by atoms with van der Waals surface area (Å²) in [7, 11) is 1.65. The second kappa shape index (κ2) is 6.45. The van der Waals surface area contributed by atoms with Crippen molar-refractivity contribution in [1.29, 1.82) is 0 Å². The Morgan fingerprint density at radius 1 is 1.58 bits per heavy atom. The maximum Gasteiger partial charge on any atom is 0.228 e. The summed E-state index contributed by atoms with van der Waals surface area (Å²) in [6.45, 7) is 4.69. The normalized spacial score (nSPS) is 18.2. The van der Waals surface area contributed by atoms with E-state index in [9.17, 15) is 4.79 Å². The molecule has 1 saturated heterocycles. The first-order valence-electron chi connectivity index (χ1n) is 6.55. The Morgan fingerprint density at radius 3 is 2.89 bits per heavy atom. The van der Waals surface area contributed by atoms with E-state index in [4.69, 9.17) is 4.74 Å². The molecule has 19 heavy (non-hydrogen) atoms. The summed E-state index contributed by atoms with van der Waals surface area (Å²) in [6, 6.07) is 0. The van der Waals surface area contributed by atoms with Crippen LogP contribution < -0.4 is 10.6 Å². The van der Waals surface area contributed by atoms with Gasteiger partial charge in [0.15, 0.2) is 0 Å². The minimum atomic E-state index is -0.384. The topological polar surface area (TPSA) is 63.2 Å². The Bertz CT molecular complexity index is 422. The molecular formula is C13H21N3O2S. The third-order valence-electron chi connectivity index (χ3n) is 3.56. The van der Waals surface area contributed by atoms with Gasteiger partial charge < -0.3 is 15.4 Å². The average Bonchev–Trinajstić information content (AvgIpc) is 2.83. The molecule has 1 aromatic rings. The molecule has 0 radical (unpaired) electrons. The molecule has 0 spiro atoms. The fourth-order valence-electron chi connectivity index (χ4n) is 2.47. The van der Waals surface area contributed by atoms with E-state index < -0.39 is 0 Å². The van der Waals surface area contributed by atoms with E-state index in [1.54, 1.807) is 18.4 Å². The molecule has 0 bridgehead atoms. The monoisotopic (exact) mass is 283 g/mol. The summed E-state index contributed by atoms with van der Waals surface area (Å²) >= 11 is 1.60. The van der Waals surface area contributed by atoms with E-state index in [0.29, 0.717) is 13.2 Å². The van der Waals surface area contributed by atoms with Crippen LogP contribution in [0.15, 0.2) is 5.38 Å². The molecule has 1 aromatic heterocycles. The van der Waals surface area contributed by atoms with Crippen LogP contribution in [0.2, 0.25) is 0 Å². The summed E-state index contributed by atoms with van der Waals surface area (Å²) < 4.78 is 5.26. The lowest BCUT2D eigenvalue weighted by atomic mass is 9.78. The van der Waals surface area contributed by atoms with Crippen LogP contribution in [-0.2, 0) is 16.1 Å². The third kappa shape index (κ3) is 3.52. The van der Waals surface area contributed by atoms with Crippen molar-refractivity contribution in [3.63, 3.8) is 0 Å². The summed E-state index contributed by atoms with van der Waals surface area (Å²) in [5.41, 5.74) is 0.544. The number of rotatable bonds is 5. The quantitative estimate of drug-likeness (QED) is 0.849. The minimum absolute atomic E-state index is 0.0847. The van der Waals surface area contributed by atoms with Gasteiger partial charge >= 0.3 is 0 Å². The van der Waals surface area contributed by atoms with Gasteiger partial charge in [-0.15, -0.1) is 11.3 Å². The molecule has 6 heteroatoms. The number of aryl methyl sites for hydroxylation is 1. The SMILES string of the molecule is COCC1(C(=O)NCc2csc(C)n2)CCNCC1. The predicted octanol–water partition coefficient (Wildman–Crippen LogP) is 1.08. The van der Waals surface area contributed by atoms with Crippen LogP contribution in [0.3, 0.4) is 0 Å². The van der Waals surface area contributed by atoms with Gasteiger partial charge in [0.05, 0.1) is 29.3 Å². The second-order valence-electron chi connectivity index (χ2n) is 5.00. The van der Waals surface area contributed by atoms with E-state index in [2.05, 4.69) is 15.6 Å². The summed E-state index contributed by atoms with van der Waals surface area (Å²) in [6.07, 6.45) is 1.64. The summed E-state index contributed by atoms with van der Waals surface area (Å²) in [5.74, 6) is 0.0847. The molecule has 0 saturated carbocycles. The summed E-state index contributed by atoms with van der Waals surface area (Å²) in [4.78, 5) is 16.8. The molecule has 0 aromatic carbocycles. The van der Waals surface area contributed by atoms with Crippen LogP contribution in [-0.4, -0.2) is 37.7 Å². The zero-order chi connectivity index (χ0) is 13.7. The first kappa shape index (κ1) is 14.4. The Balaban J connectivity index is 1.95. The molecule has 5 nitrogen and oxygen atoms in total. The van der Waals surface area contributed by atoms with Crippen LogP contribution in [0.1, 0.15) is 23.5 Å². The zero-order valence-corrected chi connectivity index (χ0v) is 12.3. The van der Waals surface area contributed by atoms with E-state index in [1.165, 1.54) is 0 Å². The zero-order valence-electron chi connectivity index (χ0n) is 11.5. The van der Waals surface area contributed by atoms with Gasteiger partial charge in [-0.3, -0.25) is 4.79 Å². The molecule has 0 aliphatic carbocycles. The van der Waals surface area contributed by atoms with E-state index >= 15 is 0 Å². The molecule has 1 aliphatic rings. The van der Waals surface area contributed by atoms with Gasteiger partial charge in [-0.05, 0) is 32.9 Å². The Morgan fingerprint density at radius 2 is 2.32 bits per heavy atom.